The molecule has 0 radical (unpaired) electrons. The topological polar surface area (TPSA) is 84.9 Å². The van der Waals surface area contributed by atoms with Crippen molar-refractivity contribution in [2.24, 2.45) is 5.92 Å². The summed E-state index contributed by atoms with van der Waals surface area (Å²) in [7, 11) is -0.810. The van der Waals surface area contributed by atoms with Gasteiger partial charge in [-0.15, -0.1) is 0 Å². The lowest BCUT2D eigenvalue weighted by Crippen LogP contribution is -2.41. The van der Waals surface area contributed by atoms with E-state index in [4.69, 9.17) is 14.6 Å². The first-order valence-corrected chi connectivity index (χ1v) is 8.13. The Labute approximate surface area is 126 Å². The molecule has 1 rings (SSSR count). The van der Waals surface area contributed by atoms with E-state index in [0.717, 1.165) is 0 Å². The van der Waals surface area contributed by atoms with Gasteiger partial charge in [-0.25, -0.2) is 13.1 Å². The minimum absolute atomic E-state index is 0.0453. The molecule has 0 aliphatic heterocycles. The second-order valence-corrected chi connectivity index (χ2v) is 6.75. The quantitative estimate of drug-likeness (QED) is 0.751. The van der Waals surface area contributed by atoms with Crippen LogP contribution in [0.15, 0.2) is 23.1 Å². The van der Waals surface area contributed by atoms with E-state index in [9.17, 15) is 8.42 Å². The van der Waals surface area contributed by atoms with Gasteiger partial charge in [-0.2, -0.15) is 0 Å². The van der Waals surface area contributed by atoms with Gasteiger partial charge in [0.25, 0.3) is 0 Å². The largest absolute Gasteiger partial charge is 0.495 e. The molecule has 21 heavy (non-hydrogen) atoms. The monoisotopic (exact) mass is 317 g/mol. The van der Waals surface area contributed by atoms with Crippen LogP contribution in [0.25, 0.3) is 0 Å². The Morgan fingerprint density at radius 3 is 2.43 bits per heavy atom. The molecule has 6 nitrogen and oxygen atoms in total. The summed E-state index contributed by atoms with van der Waals surface area (Å²) in [5.74, 6) is 0.288. The van der Waals surface area contributed by atoms with Gasteiger partial charge in [0.05, 0.1) is 20.3 Å². The highest BCUT2D eigenvalue weighted by Crippen LogP contribution is 2.25. The number of methoxy groups -OCH3 is 2. The van der Waals surface area contributed by atoms with Crippen LogP contribution in [0.2, 0.25) is 0 Å². The smallest absolute Gasteiger partial charge is 0.244 e. The number of aliphatic hydroxyl groups excluding tert-OH is 1. The molecule has 1 unspecified atom stereocenters. The number of nitrogens with one attached hydrogen (secondary N) is 1. The molecule has 120 valence electrons. The maximum absolute atomic E-state index is 12.5. The Morgan fingerprint density at radius 1 is 1.29 bits per heavy atom. The van der Waals surface area contributed by atoms with Crippen LogP contribution < -0.4 is 9.46 Å². The van der Waals surface area contributed by atoms with E-state index in [-0.39, 0.29) is 35.8 Å². The van der Waals surface area contributed by atoms with Crippen LogP contribution in [-0.4, -0.2) is 40.4 Å². The van der Waals surface area contributed by atoms with Crippen molar-refractivity contribution >= 4 is 10.0 Å². The van der Waals surface area contributed by atoms with E-state index in [1.54, 1.807) is 6.07 Å². The number of hydrogen-bond donors (Lipinski definition) is 2. The molecule has 0 heterocycles. The molecule has 1 aromatic rings. The molecule has 0 saturated heterocycles. The Balaban J connectivity index is 3.12. The Morgan fingerprint density at radius 2 is 1.95 bits per heavy atom. The van der Waals surface area contributed by atoms with Crippen LogP contribution in [0.3, 0.4) is 0 Å². The first kappa shape index (κ1) is 17.9. The lowest BCUT2D eigenvalue weighted by molar-refractivity contribution is 0.157. The Hall–Kier alpha value is -1.15. The molecule has 0 amide bonds. The van der Waals surface area contributed by atoms with Crippen LogP contribution in [-0.2, 0) is 21.4 Å². The molecule has 0 saturated carbocycles. The van der Waals surface area contributed by atoms with Crippen molar-refractivity contribution in [1.82, 2.24) is 4.72 Å². The minimum Gasteiger partial charge on any atom is -0.495 e. The maximum Gasteiger partial charge on any atom is 0.244 e. The van der Waals surface area contributed by atoms with Gasteiger partial charge < -0.3 is 14.6 Å². The second kappa shape index (κ2) is 7.74. The SMILES string of the molecule is COCC(NS(=O)(=O)c1ccc(CO)cc1OC)C(C)C. The van der Waals surface area contributed by atoms with Crippen LogP contribution in [0.4, 0.5) is 0 Å². The molecule has 1 aromatic carbocycles. The highest BCUT2D eigenvalue weighted by Gasteiger charge is 2.25. The first-order valence-electron chi connectivity index (χ1n) is 6.64. The summed E-state index contributed by atoms with van der Waals surface area (Å²) < 4.78 is 37.8. The van der Waals surface area contributed by atoms with E-state index >= 15 is 0 Å². The number of sulfonamides is 1. The normalized spacial score (nSPS) is 13.4. The number of ether oxygens (including phenoxy) is 2. The van der Waals surface area contributed by atoms with Gasteiger partial charge in [0.1, 0.15) is 10.6 Å². The molecule has 0 aliphatic rings. The van der Waals surface area contributed by atoms with E-state index in [1.165, 1.54) is 26.4 Å². The van der Waals surface area contributed by atoms with Crippen molar-refractivity contribution in [3.63, 3.8) is 0 Å². The zero-order valence-electron chi connectivity index (χ0n) is 12.8. The number of rotatable bonds is 8. The molecular formula is C14H23NO5S. The third kappa shape index (κ3) is 4.67. The molecule has 0 aromatic heterocycles. The number of hydrogen-bond acceptors (Lipinski definition) is 5. The zero-order chi connectivity index (χ0) is 16.0. The van der Waals surface area contributed by atoms with Crippen molar-refractivity contribution in [2.75, 3.05) is 20.8 Å². The average Bonchev–Trinajstić information content (AvgIpc) is 2.45. The van der Waals surface area contributed by atoms with Gasteiger partial charge in [0, 0.05) is 13.2 Å². The van der Waals surface area contributed by atoms with Crippen molar-refractivity contribution in [1.29, 1.82) is 0 Å². The van der Waals surface area contributed by atoms with Crippen LogP contribution >= 0.6 is 0 Å². The summed E-state index contributed by atoms with van der Waals surface area (Å²) in [6.07, 6.45) is 0. The fraction of sp³-hybridized carbons (Fsp3) is 0.571. The predicted octanol–water partition coefficient (Wildman–Crippen LogP) is 1.14. The summed E-state index contributed by atoms with van der Waals surface area (Å²) in [6.45, 7) is 3.94. The molecule has 0 spiro atoms. The van der Waals surface area contributed by atoms with Crippen molar-refractivity contribution in [3.8, 4) is 5.75 Å². The molecule has 0 bridgehead atoms. The molecule has 2 N–H and O–H groups in total. The maximum atomic E-state index is 12.5. The fourth-order valence-electron chi connectivity index (χ4n) is 1.84. The van der Waals surface area contributed by atoms with Crippen molar-refractivity contribution < 1.29 is 23.0 Å². The van der Waals surface area contributed by atoms with Gasteiger partial charge >= 0.3 is 0 Å². The Bertz CT molecular complexity index is 556. The van der Waals surface area contributed by atoms with Gasteiger partial charge in [-0.05, 0) is 23.6 Å². The van der Waals surface area contributed by atoms with Gasteiger partial charge in [0.2, 0.25) is 10.0 Å². The van der Waals surface area contributed by atoms with Crippen LogP contribution in [0.1, 0.15) is 19.4 Å². The molecule has 0 fully saturated rings. The third-order valence-corrected chi connectivity index (χ3v) is 4.69. The summed E-state index contributed by atoms with van der Waals surface area (Å²) in [5, 5.41) is 9.10. The fourth-order valence-corrected chi connectivity index (χ4v) is 3.36. The van der Waals surface area contributed by atoms with Crippen molar-refractivity contribution in [3.05, 3.63) is 23.8 Å². The van der Waals surface area contributed by atoms with Gasteiger partial charge in [-0.1, -0.05) is 19.9 Å². The first-order chi connectivity index (χ1) is 9.85. The van der Waals surface area contributed by atoms with E-state index in [2.05, 4.69) is 4.72 Å². The molecular weight excluding hydrogens is 294 g/mol. The lowest BCUT2D eigenvalue weighted by atomic mass is 10.1. The summed E-state index contributed by atoms with van der Waals surface area (Å²) in [5.41, 5.74) is 0.586. The highest BCUT2D eigenvalue weighted by atomic mass is 32.2. The van der Waals surface area contributed by atoms with Crippen molar-refractivity contribution in [2.45, 2.75) is 31.4 Å². The Kier molecular flexibility index (Phi) is 6.60. The van der Waals surface area contributed by atoms with Crippen LogP contribution in [0.5, 0.6) is 5.75 Å². The molecule has 1 atom stereocenters. The molecule has 0 aliphatic carbocycles. The van der Waals surface area contributed by atoms with E-state index in [1.807, 2.05) is 13.8 Å². The average molecular weight is 317 g/mol. The number of aliphatic hydroxyl groups is 1. The van der Waals surface area contributed by atoms with Gasteiger partial charge in [-0.3, -0.25) is 0 Å². The van der Waals surface area contributed by atoms with Crippen LogP contribution in [0, 0.1) is 5.92 Å². The third-order valence-electron chi connectivity index (χ3n) is 3.16. The zero-order valence-corrected chi connectivity index (χ0v) is 13.6. The van der Waals surface area contributed by atoms with Gasteiger partial charge in [0.15, 0.2) is 0 Å². The standard InChI is InChI=1S/C14H23NO5S/c1-10(2)12(9-19-3)15-21(17,18)14-6-5-11(8-16)7-13(14)20-4/h5-7,10,12,15-16H,8-9H2,1-4H3. The summed E-state index contributed by atoms with van der Waals surface area (Å²) in [6, 6.07) is 4.16. The second-order valence-electron chi connectivity index (χ2n) is 5.07. The summed E-state index contributed by atoms with van der Waals surface area (Å²) >= 11 is 0. The predicted molar refractivity (Wildman–Crippen MR) is 79.7 cm³/mol. The lowest BCUT2D eigenvalue weighted by Gasteiger charge is -2.22. The highest BCUT2D eigenvalue weighted by molar-refractivity contribution is 7.89. The molecule has 7 heteroatoms. The summed E-state index contributed by atoms with van der Waals surface area (Å²) in [4.78, 5) is 0.0453. The number of benzene rings is 1. The van der Waals surface area contributed by atoms with E-state index < -0.39 is 10.0 Å². The van der Waals surface area contributed by atoms with E-state index in [0.29, 0.717) is 5.56 Å². The minimum atomic E-state index is -3.73.